The lowest BCUT2D eigenvalue weighted by molar-refractivity contribution is 0.0940. The Kier molecular flexibility index (Phi) is 5.83. The fourth-order valence-corrected chi connectivity index (χ4v) is 5.17. The molecule has 0 saturated carbocycles. The molecule has 0 heterocycles. The van der Waals surface area contributed by atoms with Gasteiger partial charge in [0.15, 0.2) is 0 Å². The number of fused-ring (bicyclic) bond motifs is 1. The van der Waals surface area contributed by atoms with E-state index < -0.39 is 10.0 Å². The lowest BCUT2D eigenvalue weighted by atomic mass is 10.0. The quantitative estimate of drug-likeness (QED) is 0.622. The summed E-state index contributed by atoms with van der Waals surface area (Å²) in [5, 5.41) is 3.03. The molecular weight excluding hydrogens is 408 g/mol. The number of rotatable bonds is 6. The predicted octanol–water partition coefficient (Wildman–Crippen LogP) is 4.49. The van der Waals surface area contributed by atoms with Crippen LogP contribution in [-0.4, -0.2) is 21.4 Å². The topological polar surface area (TPSA) is 66.5 Å². The van der Waals surface area contributed by atoms with Gasteiger partial charge in [0.1, 0.15) is 0 Å². The Hall–Kier alpha value is -3.12. The van der Waals surface area contributed by atoms with Gasteiger partial charge in [0.25, 0.3) is 15.9 Å². The minimum Gasteiger partial charge on any atom is -0.346 e. The van der Waals surface area contributed by atoms with E-state index in [1.807, 2.05) is 6.92 Å². The fourth-order valence-electron chi connectivity index (χ4n) is 3.96. The van der Waals surface area contributed by atoms with Crippen LogP contribution in [0.1, 0.15) is 46.4 Å². The summed E-state index contributed by atoms with van der Waals surface area (Å²) in [5.74, 6) is -0.236. The molecule has 1 aliphatic carbocycles. The maximum absolute atomic E-state index is 12.9. The Morgan fingerprint density at radius 2 is 1.68 bits per heavy atom. The highest BCUT2D eigenvalue weighted by molar-refractivity contribution is 7.92. The van der Waals surface area contributed by atoms with E-state index in [0.29, 0.717) is 11.3 Å². The second-order valence-corrected chi connectivity index (χ2v) is 9.88. The van der Waals surface area contributed by atoms with Crippen LogP contribution in [0.15, 0.2) is 77.7 Å². The van der Waals surface area contributed by atoms with E-state index in [1.54, 1.807) is 54.6 Å². The molecule has 1 amide bonds. The van der Waals surface area contributed by atoms with Crippen LogP contribution in [0.5, 0.6) is 0 Å². The van der Waals surface area contributed by atoms with Gasteiger partial charge in [-0.15, -0.1) is 0 Å². The molecular formula is C25H26N2O3S. The highest BCUT2D eigenvalue weighted by Crippen LogP contribution is 2.26. The number of hydrogen-bond donors (Lipinski definition) is 1. The van der Waals surface area contributed by atoms with Gasteiger partial charge in [-0.25, -0.2) is 8.42 Å². The van der Waals surface area contributed by atoms with Crippen molar-refractivity contribution in [2.45, 2.75) is 37.1 Å². The first-order valence-electron chi connectivity index (χ1n) is 10.4. The molecule has 5 nitrogen and oxygen atoms in total. The molecule has 0 aliphatic heterocycles. The Morgan fingerprint density at radius 1 is 0.935 bits per heavy atom. The van der Waals surface area contributed by atoms with Gasteiger partial charge in [-0.1, -0.05) is 42.5 Å². The van der Waals surface area contributed by atoms with Gasteiger partial charge >= 0.3 is 0 Å². The molecule has 3 aromatic rings. The molecule has 1 N–H and O–H groups in total. The van der Waals surface area contributed by atoms with Gasteiger partial charge in [-0.3, -0.25) is 9.10 Å². The first-order chi connectivity index (χ1) is 14.9. The molecule has 1 aliphatic rings. The zero-order valence-electron chi connectivity index (χ0n) is 17.7. The van der Waals surface area contributed by atoms with E-state index in [2.05, 4.69) is 23.5 Å². The predicted molar refractivity (Wildman–Crippen MR) is 123 cm³/mol. The third-order valence-corrected chi connectivity index (χ3v) is 7.64. The van der Waals surface area contributed by atoms with Crippen molar-refractivity contribution in [3.05, 3.63) is 95.1 Å². The molecule has 31 heavy (non-hydrogen) atoms. The van der Waals surface area contributed by atoms with Crippen molar-refractivity contribution in [3.8, 4) is 0 Å². The molecule has 0 fully saturated rings. The summed E-state index contributed by atoms with van der Waals surface area (Å²) < 4.78 is 27.0. The number of nitrogens with zero attached hydrogens (tertiary/aromatic N) is 1. The maximum atomic E-state index is 12.9. The summed E-state index contributed by atoms with van der Waals surface area (Å²) in [6.07, 6.45) is 3.41. The fraction of sp³-hybridized carbons (Fsp3) is 0.240. The molecule has 0 radical (unpaired) electrons. The molecule has 0 bridgehead atoms. The number of hydrogen-bond acceptors (Lipinski definition) is 3. The normalized spacial score (nSPS) is 14.0. The van der Waals surface area contributed by atoms with Crippen molar-refractivity contribution < 1.29 is 13.2 Å². The Morgan fingerprint density at radius 3 is 2.45 bits per heavy atom. The molecule has 0 unspecified atom stereocenters. The summed E-state index contributed by atoms with van der Waals surface area (Å²) in [7, 11) is -2.21. The molecule has 0 spiro atoms. The zero-order chi connectivity index (χ0) is 22.0. The molecule has 160 valence electrons. The van der Waals surface area contributed by atoms with E-state index in [4.69, 9.17) is 0 Å². The van der Waals surface area contributed by atoms with Crippen molar-refractivity contribution in [1.82, 2.24) is 5.32 Å². The maximum Gasteiger partial charge on any atom is 0.264 e. The second-order valence-electron chi connectivity index (χ2n) is 7.91. The van der Waals surface area contributed by atoms with Crippen molar-refractivity contribution in [2.24, 2.45) is 0 Å². The third kappa shape index (κ3) is 4.35. The number of carbonyl (C=O) groups excluding carboxylic acids is 1. The summed E-state index contributed by atoms with van der Waals surface area (Å²) in [6.45, 7) is 1.96. The number of benzene rings is 3. The van der Waals surface area contributed by atoms with Crippen LogP contribution in [0.4, 0.5) is 5.69 Å². The highest BCUT2D eigenvalue weighted by atomic mass is 32.2. The number of amides is 1. The standard InChI is InChI=1S/C25H26N2O3S/c1-18(20-15-14-19-8-6-9-21(19)16-20)26-25(28)22-10-7-11-23(17-22)27(2)31(29,30)24-12-4-3-5-13-24/h3-5,7,10-18H,6,8-9H2,1-2H3,(H,26,28)/t18-/m1/s1. The van der Waals surface area contributed by atoms with Crippen LogP contribution in [0.25, 0.3) is 0 Å². The molecule has 1 atom stereocenters. The molecule has 0 saturated heterocycles. The Bertz CT molecular complexity index is 1210. The van der Waals surface area contributed by atoms with Crippen LogP contribution in [0, 0.1) is 0 Å². The van der Waals surface area contributed by atoms with Crippen molar-refractivity contribution in [2.75, 3.05) is 11.4 Å². The third-order valence-electron chi connectivity index (χ3n) is 5.84. The number of nitrogens with one attached hydrogen (secondary N) is 1. The van der Waals surface area contributed by atoms with Gasteiger partial charge in [0.2, 0.25) is 0 Å². The van der Waals surface area contributed by atoms with Gasteiger partial charge in [-0.2, -0.15) is 0 Å². The van der Waals surface area contributed by atoms with Crippen LogP contribution in [0.2, 0.25) is 0 Å². The minimum atomic E-state index is -3.70. The lowest BCUT2D eigenvalue weighted by Crippen LogP contribution is -2.28. The molecule has 3 aromatic carbocycles. The number of sulfonamides is 1. The lowest BCUT2D eigenvalue weighted by Gasteiger charge is -2.20. The summed E-state index contributed by atoms with van der Waals surface area (Å²) in [6, 6.07) is 21.2. The minimum absolute atomic E-state index is 0.146. The van der Waals surface area contributed by atoms with Crippen molar-refractivity contribution in [1.29, 1.82) is 0 Å². The summed E-state index contributed by atoms with van der Waals surface area (Å²) in [5.41, 5.74) is 4.70. The molecule has 0 aromatic heterocycles. The summed E-state index contributed by atoms with van der Waals surface area (Å²) >= 11 is 0. The van der Waals surface area contributed by atoms with Crippen LogP contribution in [0.3, 0.4) is 0 Å². The van der Waals surface area contributed by atoms with Crippen LogP contribution < -0.4 is 9.62 Å². The van der Waals surface area contributed by atoms with E-state index in [0.717, 1.165) is 18.4 Å². The second kappa shape index (κ2) is 8.55. The monoisotopic (exact) mass is 434 g/mol. The number of aryl methyl sites for hydroxylation is 2. The highest BCUT2D eigenvalue weighted by Gasteiger charge is 2.22. The van der Waals surface area contributed by atoms with E-state index >= 15 is 0 Å². The molecule has 4 rings (SSSR count). The van der Waals surface area contributed by atoms with Gasteiger partial charge in [0.05, 0.1) is 16.6 Å². The first kappa shape index (κ1) is 21.1. The van der Waals surface area contributed by atoms with E-state index in [1.165, 1.54) is 28.9 Å². The zero-order valence-corrected chi connectivity index (χ0v) is 18.5. The van der Waals surface area contributed by atoms with Crippen LogP contribution in [-0.2, 0) is 22.9 Å². The van der Waals surface area contributed by atoms with Gasteiger partial charge < -0.3 is 5.32 Å². The summed E-state index contributed by atoms with van der Waals surface area (Å²) in [4.78, 5) is 13.1. The molecule has 6 heteroatoms. The van der Waals surface area contributed by atoms with E-state index in [-0.39, 0.29) is 16.8 Å². The Labute approximate surface area is 183 Å². The van der Waals surface area contributed by atoms with Gasteiger partial charge in [0, 0.05) is 12.6 Å². The number of carbonyl (C=O) groups is 1. The largest absolute Gasteiger partial charge is 0.346 e. The average Bonchev–Trinajstić information content (AvgIpc) is 3.27. The van der Waals surface area contributed by atoms with Crippen molar-refractivity contribution in [3.63, 3.8) is 0 Å². The smallest absolute Gasteiger partial charge is 0.264 e. The number of anilines is 1. The first-order valence-corrected chi connectivity index (χ1v) is 11.9. The van der Waals surface area contributed by atoms with Crippen molar-refractivity contribution >= 4 is 21.6 Å². The Balaban J connectivity index is 1.52. The van der Waals surface area contributed by atoms with E-state index in [9.17, 15) is 13.2 Å². The van der Waals surface area contributed by atoms with Gasteiger partial charge in [-0.05, 0) is 73.2 Å². The average molecular weight is 435 g/mol. The SMILES string of the molecule is C[C@@H](NC(=O)c1cccc(N(C)S(=O)(=O)c2ccccc2)c1)c1ccc2c(c1)CCC2. The van der Waals surface area contributed by atoms with Crippen LogP contribution >= 0.6 is 0 Å².